The van der Waals surface area contributed by atoms with Crippen molar-refractivity contribution in [2.24, 2.45) is 0 Å². The lowest BCUT2D eigenvalue weighted by Crippen LogP contribution is -2.01. The van der Waals surface area contributed by atoms with Gasteiger partial charge in [0.05, 0.1) is 0 Å². The van der Waals surface area contributed by atoms with E-state index in [9.17, 15) is 10.2 Å². The van der Waals surface area contributed by atoms with Gasteiger partial charge in [-0.15, -0.1) is 0 Å². The zero-order valence-electron chi connectivity index (χ0n) is 11.2. The van der Waals surface area contributed by atoms with Crippen LogP contribution in [-0.2, 0) is 0 Å². The van der Waals surface area contributed by atoms with Crippen molar-refractivity contribution in [2.45, 2.75) is 32.1 Å². The number of benzene rings is 2. The number of phenolic OH excluding ortho intramolecular Hbond substituents is 2. The molecule has 2 heteroatoms. The Bertz CT molecular complexity index is 454. The average Bonchev–Trinajstić information content (AvgIpc) is 2.43. The lowest BCUT2D eigenvalue weighted by Gasteiger charge is -2.18. The number of hydrogen-bond donors (Lipinski definition) is 2. The normalized spacial score (nSPS) is 10.8. The SMILES string of the molecule is CCCCC(c1ccc(O)cc1)c1ccc(O)cc1. The Labute approximate surface area is 114 Å². The third-order valence-electron chi connectivity index (χ3n) is 3.44. The van der Waals surface area contributed by atoms with Gasteiger partial charge < -0.3 is 10.2 Å². The van der Waals surface area contributed by atoms with Crippen LogP contribution >= 0.6 is 0 Å². The fourth-order valence-corrected chi connectivity index (χ4v) is 2.35. The zero-order valence-corrected chi connectivity index (χ0v) is 11.2. The third kappa shape index (κ3) is 3.50. The standard InChI is InChI=1S/C17H20O2/c1-2-3-4-17(13-5-9-15(18)10-6-13)14-7-11-16(19)12-8-14/h5-12,17-19H,2-4H2,1H3. The number of unbranched alkanes of at least 4 members (excludes halogenated alkanes) is 1. The minimum absolute atomic E-state index is 0.295. The highest BCUT2D eigenvalue weighted by Crippen LogP contribution is 2.31. The molecule has 0 saturated heterocycles. The number of aromatic hydroxyl groups is 2. The monoisotopic (exact) mass is 256 g/mol. The first-order chi connectivity index (χ1) is 9.20. The van der Waals surface area contributed by atoms with E-state index in [4.69, 9.17) is 0 Å². The minimum Gasteiger partial charge on any atom is -0.508 e. The van der Waals surface area contributed by atoms with Gasteiger partial charge in [0.2, 0.25) is 0 Å². The van der Waals surface area contributed by atoms with Crippen LogP contribution in [0.15, 0.2) is 48.5 Å². The van der Waals surface area contributed by atoms with Gasteiger partial charge in [-0.25, -0.2) is 0 Å². The van der Waals surface area contributed by atoms with Crippen molar-refractivity contribution in [3.63, 3.8) is 0 Å². The molecular weight excluding hydrogens is 236 g/mol. The maximum atomic E-state index is 9.39. The molecule has 0 saturated carbocycles. The fraction of sp³-hybridized carbons (Fsp3) is 0.294. The van der Waals surface area contributed by atoms with Crippen LogP contribution in [0.25, 0.3) is 0 Å². The van der Waals surface area contributed by atoms with Crippen molar-refractivity contribution < 1.29 is 10.2 Å². The van der Waals surface area contributed by atoms with E-state index in [-0.39, 0.29) is 0 Å². The predicted octanol–water partition coefficient (Wildman–Crippen LogP) is 4.42. The highest BCUT2D eigenvalue weighted by molar-refractivity contribution is 5.37. The lowest BCUT2D eigenvalue weighted by atomic mass is 9.87. The van der Waals surface area contributed by atoms with Gasteiger partial charge in [-0.05, 0) is 41.8 Å². The first kappa shape index (κ1) is 13.5. The second kappa shape index (κ2) is 6.28. The van der Waals surface area contributed by atoms with Gasteiger partial charge in [0.25, 0.3) is 0 Å². The molecule has 0 spiro atoms. The summed E-state index contributed by atoms with van der Waals surface area (Å²) in [7, 11) is 0. The molecule has 0 aliphatic rings. The van der Waals surface area contributed by atoms with Gasteiger partial charge in [0, 0.05) is 5.92 Å². The maximum Gasteiger partial charge on any atom is 0.115 e. The summed E-state index contributed by atoms with van der Waals surface area (Å²) in [5.74, 6) is 0.911. The zero-order chi connectivity index (χ0) is 13.7. The summed E-state index contributed by atoms with van der Waals surface area (Å²) in [6.45, 7) is 2.19. The van der Waals surface area contributed by atoms with E-state index in [2.05, 4.69) is 6.92 Å². The molecule has 2 rings (SSSR count). The molecule has 2 N–H and O–H groups in total. The third-order valence-corrected chi connectivity index (χ3v) is 3.44. The van der Waals surface area contributed by atoms with Crippen molar-refractivity contribution in [2.75, 3.05) is 0 Å². The number of hydrogen-bond acceptors (Lipinski definition) is 2. The molecule has 0 fully saturated rings. The summed E-state index contributed by atoms with van der Waals surface area (Å²) in [5, 5.41) is 18.8. The van der Waals surface area contributed by atoms with Crippen molar-refractivity contribution >= 4 is 0 Å². The Kier molecular flexibility index (Phi) is 4.45. The molecule has 0 atom stereocenters. The van der Waals surface area contributed by atoms with Crippen LogP contribution in [0, 0.1) is 0 Å². The minimum atomic E-state index is 0.295. The molecule has 0 unspecified atom stereocenters. The van der Waals surface area contributed by atoms with E-state index < -0.39 is 0 Å². The Morgan fingerprint density at radius 2 is 1.21 bits per heavy atom. The first-order valence-corrected chi connectivity index (χ1v) is 6.78. The van der Waals surface area contributed by atoms with E-state index in [1.807, 2.05) is 24.3 Å². The Morgan fingerprint density at radius 3 is 1.58 bits per heavy atom. The summed E-state index contributed by atoms with van der Waals surface area (Å²) in [6.07, 6.45) is 3.39. The van der Waals surface area contributed by atoms with Crippen LogP contribution < -0.4 is 0 Å². The van der Waals surface area contributed by atoms with Crippen molar-refractivity contribution in [3.05, 3.63) is 59.7 Å². The van der Waals surface area contributed by atoms with E-state index in [0.717, 1.165) is 19.3 Å². The van der Waals surface area contributed by atoms with E-state index in [1.165, 1.54) is 11.1 Å². The molecular formula is C17H20O2. The Balaban J connectivity index is 2.29. The van der Waals surface area contributed by atoms with E-state index in [1.54, 1.807) is 24.3 Å². The van der Waals surface area contributed by atoms with Crippen LogP contribution in [0.3, 0.4) is 0 Å². The van der Waals surface area contributed by atoms with Crippen molar-refractivity contribution in [1.29, 1.82) is 0 Å². The molecule has 0 bridgehead atoms. The average molecular weight is 256 g/mol. The summed E-state index contributed by atoms with van der Waals surface area (Å²) in [6, 6.07) is 14.8. The van der Waals surface area contributed by atoms with Crippen LogP contribution in [0.1, 0.15) is 43.2 Å². The van der Waals surface area contributed by atoms with E-state index >= 15 is 0 Å². The summed E-state index contributed by atoms with van der Waals surface area (Å²) in [5.41, 5.74) is 2.41. The van der Waals surface area contributed by atoms with Gasteiger partial charge in [0.1, 0.15) is 11.5 Å². The Hall–Kier alpha value is -1.96. The molecule has 2 nitrogen and oxygen atoms in total. The van der Waals surface area contributed by atoms with Gasteiger partial charge >= 0.3 is 0 Å². The highest BCUT2D eigenvalue weighted by atomic mass is 16.3. The molecule has 0 heterocycles. The first-order valence-electron chi connectivity index (χ1n) is 6.78. The smallest absolute Gasteiger partial charge is 0.115 e. The summed E-state index contributed by atoms with van der Waals surface area (Å²) < 4.78 is 0. The lowest BCUT2D eigenvalue weighted by molar-refractivity contribution is 0.475. The molecule has 0 aromatic heterocycles. The maximum absolute atomic E-state index is 9.39. The van der Waals surface area contributed by atoms with E-state index in [0.29, 0.717) is 17.4 Å². The number of rotatable bonds is 5. The van der Waals surface area contributed by atoms with Gasteiger partial charge in [0.15, 0.2) is 0 Å². The molecule has 0 amide bonds. The summed E-state index contributed by atoms with van der Waals surface area (Å²) in [4.78, 5) is 0. The molecule has 19 heavy (non-hydrogen) atoms. The van der Waals surface area contributed by atoms with Gasteiger partial charge in [-0.2, -0.15) is 0 Å². The largest absolute Gasteiger partial charge is 0.508 e. The molecule has 2 aromatic rings. The predicted molar refractivity (Wildman–Crippen MR) is 77.6 cm³/mol. The molecule has 100 valence electrons. The van der Waals surface area contributed by atoms with Crippen LogP contribution in [-0.4, -0.2) is 10.2 Å². The van der Waals surface area contributed by atoms with Crippen molar-refractivity contribution in [1.82, 2.24) is 0 Å². The molecule has 0 aliphatic heterocycles. The summed E-state index contributed by atoms with van der Waals surface area (Å²) >= 11 is 0. The molecule has 0 aliphatic carbocycles. The molecule has 2 aromatic carbocycles. The topological polar surface area (TPSA) is 40.5 Å². The fourth-order valence-electron chi connectivity index (χ4n) is 2.35. The van der Waals surface area contributed by atoms with Crippen molar-refractivity contribution in [3.8, 4) is 11.5 Å². The highest BCUT2D eigenvalue weighted by Gasteiger charge is 2.13. The second-order valence-corrected chi connectivity index (χ2v) is 4.88. The van der Waals surface area contributed by atoms with Gasteiger partial charge in [-0.1, -0.05) is 44.0 Å². The van der Waals surface area contributed by atoms with Crippen LogP contribution in [0.5, 0.6) is 11.5 Å². The quantitative estimate of drug-likeness (QED) is 0.831. The van der Waals surface area contributed by atoms with Gasteiger partial charge in [-0.3, -0.25) is 0 Å². The Morgan fingerprint density at radius 1 is 0.789 bits per heavy atom. The second-order valence-electron chi connectivity index (χ2n) is 4.88. The number of phenols is 2. The van der Waals surface area contributed by atoms with Crippen LogP contribution in [0.2, 0.25) is 0 Å². The van der Waals surface area contributed by atoms with Crippen LogP contribution in [0.4, 0.5) is 0 Å². The molecule has 0 radical (unpaired) electrons.